The van der Waals surface area contributed by atoms with Crippen molar-refractivity contribution in [3.8, 4) is 11.3 Å². The van der Waals surface area contributed by atoms with E-state index in [-0.39, 0.29) is 23.3 Å². The van der Waals surface area contributed by atoms with Gasteiger partial charge in [-0.1, -0.05) is 0 Å². The Hall–Kier alpha value is -2.21. The lowest BCUT2D eigenvalue weighted by molar-refractivity contribution is 0.0606. The molecule has 0 radical (unpaired) electrons. The third-order valence-electron chi connectivity index (χ3n) is 4.83. The molecule has 2 bridgehead atoms. The van der Waals surface area contributed by atoms with Crippen LogP contribution in [0.15, 0.2) is 34.9 Å². The van der Waals surface area contributed by atoms with E-state index >= 15 is 0 Å². The van der Waals surface area contributed by atoms with E-state index < -0.39 is 5.95 Å². The van der Waals surface area contributed by atoms with Crippen molar-refractivity contribution in [2.75, 3.05) is 19.6 Å². The van der Waals surface area contributed by atoms with Crippen LogP contribution < -0.4 is 5.32 Å². The Bertz CT molecular complexity index is 722. The maximum absolute atomic E-state index is 13.7. The van der Waals surface area contributed by atoms with E-state index in [0.29, 0.717) is 11.7 Å². The van der Waals surface area contributed by atoms with Crippen LogP contribution in [-0.4, -0.2) is 41.5 Å². The first-order valence-corrected chi connectivity index (χ1v) is 7.94. The lowest BCUT2D eigenvalue weighted by atomic mass is 9.84. The van der Waals surface area contributed by atoms with Crippen LogP contribution in [0.5, 0.6) is 0 Å². The van der Waals surface area contributed by atoms with E-state index in [1.807, 2.05) is 0 Å². The summed E-state index contributed by atoms with van der Waals surface area (Å²) in [5.74, 6) is 0.231. The number of fused-ring (bicyclic) bond motifs is 3. The molecule has 1 amide bonds. The Balaban J connectivity index is 1.48. The van der Waals surface area contributed by atoms with Crippen molar-refractivity contribution in [3.05, 3.63) is 42.2 Å². The summed E-state index contributed by atoms with van der Waals surface area (Å²) in [7, 11) is 0. The number of piperidine rings is 3. The molecular formula is C17H18FN3O2. The molecule has 0 saturated carbocycles. The van der Waals surface area contributed by atoms with Gasteiger partial charge in [0.25, 0.3) is 5.91 Å². The summed E-state index contributed by atoms with van der Waals surface area (Å²) >= 11 is 0. The monoisotopic (exact) mass is 315 g/mol. The number of furan rings is 1. The second-order valence-electron chi connectivity index (χ2n) is 6.22. The molecule has 0 spiro atoms. The van der Waals surface area contributed by atoms with Gasteiger partial charge in [0.2, 0.25) is 5.95 Å². The van der Waals surface area contributed by atoms with Crippen LogP contribution in [-0.2, 0) is 0 Å². The summed E-state index contributed by atoms with van der Waals surface area (Å²) in [6.07, 6.45) is 3.65. The topological polar surface area (TPSA) is 58.4 Å². The summed E-state index contributed by atoms with van der Waals surface area (Å²) in [5, 5.41) is 3.06. The summed E-state index contributed by atoms with van der Waals surface area (Å²) < 4.78 is 19.2. The van der Waals surface area contributed by atoms with Crippen LogP contribution in [0.25, 0.3) is 11.3 Å². The lowest BCUT2D eigenvalue weighted by Crippen LogP contribution is -2.57. The second kappa shape index (κ2) is 5.77. The number of pyridine rings is 1. The first-order chi connectivity index (χ1) is 11.2. The molecule has 1 atom stereocenters. The van der Waals surface area contributed by atoms with E-state index in [1.54, 1.807) is 24.3 Å². The van der Waals surface area contributed by atoms with E-state index in [1.165, 1.54) is 6.20 Å². The van der Waals surface area contributed by atoms with Crippen molar-refractivity contribution < 1.29 is 13.6 Å². The molecule has 3 fully saturated rings. The quantitative estimate of drug-likeness (QED) is 0.883. The van der Waals surface area contributed by atoms with Crippen molar-refractivity contribution >= 4 is 5.91 Å². The minimum absolute atomic E-state index is 0.175. The third-order valence-corrected chi connectivity index (χ3v) is 4.83. The Morgan fingerprint density at radius 2 is 2.13 bits per heavy atom. The molecular weight excluding hydrogens is 297 g/mol. The number of rotatable bonds is 3. The van der Waals surface area contributed by atoms with Gasteiger partial charge in [0.05, 0.1) is 5.56 Å². The summed E-state index contributed by atoms with van der Waals surface area (Å²) in [4.78, 5) is 18.4. The highest BCUT2D eigenvalue weighted by atomic mass is 19.1. The number of hydrogen-bond acceptors (Lipinski definition) is 4. The molecule has 2 aromatic rings. The van der Waals surface area contributed by atoms with Crippen LogP contribution in [0.2, 0.25) is 0 Å². The van der Waals surface area contributed by atoms with Crippen molar-refractivity contribution in [1.29, 1.82) is 0 Å². The Labute approximate surface area is 133 Å². The Morgan fingerprint density at radius 1 is 1.30 bits per heavy atom. The fraction of sp³-hybridized carbons (Fsp3) is 0.412. The molecule has 0 aliphatic carbocycles. The molecule has 2 aromatic heterocycles. The molecule has 1 N–H and O–H groups in total. The number of nitrogens with zero attached hydrogens (tertiary/aromatic N) is 2. The zero-order chi connectivity index (χ0) is 15.8. The third kappa shape index (κ3) is 2.74. The molecule has 120 valence electrons. The largest absolute Gasteiger partial charge is 0.451 e. The minimum atomic E-state index is -0.605. The van der Waals surface area contributed by atoms with Crippen molar-refractivity contribution in [2.24, 2.45) is 5.92 Å². The number of halogens is 1. The van der Waals surface area contributed by atoms with Crippen LogP contribution in [0.3, 0.4) is 0 Å². The molecule has 1 unspecified atom stereocenters. The first-order valence-electron chi connectivity index (χ1n) is 7.94. The normalized spacial score (nSPS) is 26.2. The highest BCUT2D eigenvalue weighted by Gasteiger charge is 2.35. The van der Waals surface area contributed by atoms with Gasteiger partial charge >= 0.3 is 0 Å². The maximum Gasteiger partial charge on any atom is 0.287 e. The van der Waals surface area contributed by atoms with E-state index in [9.17, 15) is 9.18 Å². The van der Waals surface area contributed by atoms with Gasteiger partial charge in [0.15, 0.2) is 5.76 Å². The van der Waals surface area contributed by atoms with Crippen molar-refractivity contribution in [1.82, 2.24) is 15.2 Å². The van der Waals surface area contributed by atoms with Gasteiger partial charge in [-0.15, -0.1) is 0 Å². The zero-order valence-electron chi connectivity index (χ0n) is 12.7. The second-order valence-corrected chi connectivity index (χ2v) is 6.22. The molecule has 3 saturated heterocycles. The number of hydrogen-bond donors (Lipinski definition) is 1. The molecule has 0 aromatic carbocycles. The van der Waals surface area contributed by atoms with Crippen molar-refractivity contribution in [2.45, 2.75) is 18.9 Å². The molecule has 3 aliphatic rings. The van der Waals surface area contributed by atoms with Gasteiger partial charge < -0.3 is 14.6 Å². The minimum Gasteiger partial charge on any atom is -0.451 e. The SMILES string of the molecule is O=C(NC1CN2CCC1CC2)c1ccc(-c2cccnc2F)o1. The smallest absolute Gasteiger partial charge is 0.287 e. The Kier molecular flexibility index (Phi) is 3.61. The van der Waals surface area contributed by atoms with E-state index in [0.717, 1.165) is 32.5 Å². The summed E-state index contributed by atoms with van der Waals surface area (Å²) in [6, 6.07) is 6.57. The van der Waals surface area contributed by atoms with E-state index in [4.69, 9.17) is 4.42 Å². The number of amides is 1. The highest BCUT2D eigenvalue weighted by Crippen LogP contribution is 2.28. The van der Waals surface area contributed by atoms with Gasteiger partial charge in [-0.3, -0.25) is 4.79 Å². The van der Waals surface area contributed by atoms with Gasteiger partial charge in [-0.2, -0.15) is 4.39 Å². The van der Waals surface area contributed by atoms with Gasteiger partial charge in [-0.25, -0.2) is 4.98 Å². The average Bonchev–Trinajstić information content (AvgIpc) is 3.06. The molecule has 3 aliphatic heterocycles. The number of carbonyl (C=O) groups excluding carboxylic acids is 1. The van der Waals surface area contributed by atoms with E-state index in [2.05, 4.69) is 15.2 Å². The van der Waals surface area contributed by atoms with Crippen molar-refractivity contribution in [3.63, 3.8) is 0 Å². The summed E-state index contributed by atoms with van der Waals surface area (Å²) in [5.41, 5.74) is 0.259. The number of nitrogens with one attached hydrogen (secondary N) is 1. The average molecular weight is 315 g/mol. The molecule has 5 rings (SSSR count). The van der Waals surface area contributed by atoms with Crippen LogP contribution in [0.1, 0.15) is 23.4 Å². The molecule has 23 heavy (non-hydrogen) atoms. The van der Waals surface area contributed by atoms with Crippen LogP contribution in [0.4, 0.5) is 4.39 Å². The number of aromatic nitrogens is 1. The fourth-order valence-electron chi connectivity index (χ4n) is 3.54. The first kappa shape index (κ1) is 14.4. The molecule has 5 heterocycles. The van der Waals surface area contributed by atoms with Crippen LogP contribution in [0, 0.1) is 11.9 Å². The number of carbonyl (C=O) groups is 1. The maximum atomic E-state index is 13.7. The predicted molar refractivity (Wildman–Crippen MR) is 82.3 cm³/mol. The van der Waals surface area contributed by atoms with Gasteiger partial charge in [0, 0.05) is 18.8 Å². The van der Waals surface area contributed by atoms with Gasteiger partial charge in [0.1, 0.15) is 5.76 Å². The Morgan fingerprint density at radius 3 is 2.83 bits per heavy atom. The van der Waals surface area contributed by atoms with Gasteiger partial charge in [-0.05, 0) is 56.1 Å². The fourth-order valence-corrected chi connectivity index (χ4v) is 3.54. The standard InChI is InChI=1S/C17H18FN3O2/c18-16-12(2-1-7-19-16)14-3-4-15(23-14)17(22)20-13-10-21-8-5-11(13)6-9-21/h1-4,7,11,13H,5-6,8-10H2,(H,20,22). The van der Waals surface area contributed by atoms with Crippen LogP contribution >= 0.6 is 0 Å². The highest BCUT2D eigenvalue weighted by molar-refractivity contribution is 5.92. The molecule has 6 heteroatoms. The molecule has 5 nitrogen and oxygen atoms in total. The lowest BCUT2D eigenvalue weighted by Gasteiger charge is -2.44. The predicted octanol–water partition coefficient (Wildman–Crippen LogP) is 2.30. The zero-order valence-corrected chi connectivity index (χ0v) is 12.7. The summed E-state index contributed by atoms with van der Waals surface area (Å²) in [6.45, 7) is 3.16.